The molecular formula is C26H27N5O. The van der Waals surface area contributed by atoms with Crippen LogP contribution >= 0.6 is 0 Å². The zero-order valence-corrected chi connectivity index (χ0v) is 18.9. The molecule has 6 nitrogen and oxygen atoms in total. The number of hydrogen-bond donors (Lipinski definition) is 0. The predicted molar refractivity (Wildman–Crippen MR) is 130 cm³/mol. The van der Waals surface area contributed by atoms with Crippen molar-refractivity contribution in [1.82, 2.24) is 24.1 Å². The predicted octanol–water partition coefficient (Wildman–Crippen LogP) is 5.77. The Balaban J connectivity index is 1.87. The van der Waals surface area contributed by atoms with Crippen LogP contribution in [0.4, 0.5) is 0 Å². The Kier molecular flexibility index (Phi) is 5.00. The number of fused-ring (bicyclic) bond motifs is 4. The largest absolute Gasteiger partial charge is 0.296 e. The standard InChI is InChI=1S/C26H27N5O/c1-5-16(3)18-11-13-19(14-12-18)31-24-22(26(32)30(15-27-24)17(4)6-2)23-25(31)29-21-10-8-7-9-20(21)28-23/h7-17H,5-6H2,1-4H3. The minimum atomic E-state index is -0.0751. The fraction of sp³-hybridized carbons (Fsp3) is 0.308. The first kappa shape index (κ1) is 20.4. The van der Waals surface area contributed by atoms with Crippen LogP contribution in [0.5, 0.6) is 0 Å². The Hall–Kier alpha value is -3.54. The summed E-state index contributed by atoms with van der Waals surface area (Å²) in [5.74, 6) is 0.492. The van der Waals surface area contributed by atoms with Crippen molar-refractivity contribution >= 4 is 33.2 Å². The Morgan fingerprint density at radius 3 is 2.22 bits per heavy atom. The third-order valence-electron chi connectivity index (χ3n) is 6.59. The molecule has 3 heterocycles. The summed E-state index contributed by atoms with van der Waals surface area (Å²) in [5, 5.41) is 0.520. The van der Waals surface area contributed by atoms with E-state index < -0.39 is 0 Å². The molecule has 2 aromatic carbocycles. The molecule has 0 amide bonds. The Labute approximate surface area is 186 Å². The molecule has 0 bridgehead atoms. The molecule has 5 rings (SSSR count). The Morgan fingerprint density at radius 1 is 0.875 bits per heavy atom. The lowest BCUT2D eigenvalue weighted by Gasteiger charge is -2.13. The van der Waals surface area contributed by atoms with Crippen LogP contribution in [-0.2, 0) is 0 Å². The summed E-state index contributed by atoms with van der Waals surface area (Å²) >= 11 is 0. The molecule has 0 saturated heterocycles. The van der Waals surface area contributed by atoms with Crippen molar-refractivity contribution in [2.24, 2.45) is 0 Å². The molecule has 0 aliphatic rings. The van der Waals surface area contributed by atoms with Crippen LogP contribution < -0.4 is 5.56 Å². The van der Waals surface area contributed by atoms with Gasteiger partial charge in [-0.3, -0.25) is 13.9 Å². The van der Waals surface area contributed by atoms with Gasteiger partial charge in [0.2, 0.25) is 0 Å². The fourth-order valence-electron chi connectivity index (χ4n) is 4.19. The molecule has 0 saturated carbocycles. The van der Waals surface area contributed by atoms with Gasteiger partial charge in [-0.2, -0.15) is 0 Å². The number of para-hydroxylation sites is 2. The monoisotopic (exact) mass is 425 g/mol. The van der Waals surface area contributed by atoms with Crippen LogP contribution in [-0.4, -0.2) is 24.1 Å². The van der Waals surface area contributed by atoms with Crippen molar-refractivity contribution in [3.05, 3.63) is 70.8 Å². The lowest BCUT2D eigenvalue weighted by molar-refractivity contribution is 0.510. The molecule has 6 heteroatoms. The van der Waals surface area contributed by atoms with Crippen molar-refractivity contribution in [3.63, 3.8) is 0 Å². The lowest BCUT2D eigenvalue weighted by atomic mass is 9.99. The molecular weight excluding hydrogens is 398 g/mol. The van der Waals surface area contributed by atoms with Crippen LogP contribution in [0, 0.1) is 0 Å². The molecule has 0 aliphatic heterocycles. The normalized spacial score (nSPS) is 13.8. The van der Waals surface area contributed by atoms with Gasteiger partial charge in [-0.05, 0) is 55.5 Å². The highest BCUT2D eigenvalue weighted by Gasteiger charge is 2.21. The molecule has 0 N–H and O–H groups in total. The van der Waals surface area contributed by atoms with Gasteiger partial charge in [-0.1, -0.05) is 45.0 Å². The lowest BCUT2D eigenvalue weighted by Crippen LogP contribution is -2.23. The van der Waals surface area contributed by atoms with Crippen LogP contribution in [0.2, 0.25) is 0 Å². The summed E-state index contributed by atoms with van der Waals surface area (Å²) in [6, 6.07) is 16.3. The smallest absolute Gasteiger partial charge is 0.265 e. The highest BCUT2D eigenvalue weighted by molar-refractivity contribution is 6.05. The van der Waals surface area contributed by atoms with E-state index in [9.17, 15) is 4.79 Å². The molecule has 5 aromatic rings. The van der Waals surface area contributed by atoms with E-state index in [2.05, 4.69) is 45.0 Å². The highest BCUT2D eigenvalue weighted by Crippen LogP contribution is 2.29. The van der Waals surface area contributed by atoms with Gasteiger partial charge in [0.25, 0.3) is 5.56 Å². The van der Waals surface area contributed by atoms with Crippen molar-refractivity contribution in [1.29, 1.82) is 0 Å². The first-order chi connectivity index (χ1) is 15.5. The summed E-state index contributed by atoms with van der Waals surface area (Å²) in [5.41, 5.74) is 5.55. The first-order valence-electron chi connectivity index (χ1n) is 11.3. The van der Waals surface area contributed by atoms with Gasteiger partial charge in [0.1, 0.15) is 17.2 Å². The average molecular weight is 426 g/mol. The quantitative estimate of drug-likeness (QED) is 0.359. The second-order valence-electron chi connectivity index (χ2n) is 8.53. The highest BCUT2D eigenvalue weighted by atomic mass is 16.1. The average Bonchev–Trinajstić information content (AvgIpc) is 3.15. The summed E-state index contributed by atoms with van der Waals surface area (Å²) in [7, 11) is 0. The molecule has 162 valence electrons. The third kappa shape index (κ3) is 3.09. The zero-order chi connectivity index (χ0) is 22.4. The zero-order valence-electron chi connectivity index (χ0n) is 18.9. The number of aromatic nitrogens is 5. The van der Waals surface area contributed by atoms with Gasteiger partial charge in [0.05, 0.1) is 11.0 Å². The topological polar surface area (TPSA) is 65.6 Å². The van der Waals surface area contributed by atoms with Gasteiger partial charge in [-0.25, -0.2) is 15.0 Å². The van der Waals surface area contributed by atoms with Crippen LogP contribution in [0.3, 0.4) is 0 Å². The maximum Gasteiger partial charge on any atom is 0.265 e. The molecule has 3 aromatic heterocycles. The van der Waals surface area contributed by atoms with Gasteiger partial charge >= 0.3 is 0 Å². The fourth-order valence-corrected chi connectivity index (χ4v) is 4.19. The van der Waals surface area contributed by atoms with Crippen LogP contribution in [0.15, 0.2) is 59.7 Å². The van der Waals surface area contributed by atoms with Crippen molar-refractivity contribution in [2.45, 2.75) is 52.5 Å². The van der Waals surface area contributed by atoms with Gasteiger partial charge in [0.15, 0.2) is 11.3 Å². The molecule has 0 aliphatic carbocycles. The maximum atomic E-state index is 13.5. The molecule has 0 spiro atoms. The number of benzene rings is 2. The second kappa shape index (κ2) is 7.86. The summed E-state index contributed by atoms with van der Waals surface area (Å²) in [4.78, 5) is 28.1. The maximum absolute atomic E-state index is 13.5. The van der Waals surface area contributed by atoms with E-state index in [-0.39, 0.29) is 11.6 Å². The SMILES string of the molecule is CCC(C)c1ccc(-n2c3nc4ccccc4nc3c3c(=O)n(C(C)CC)cnc32)cc1. The van der Waals surface area contributed by atoms with Gasteiger partial charge in [0, 0.05) is 11.7 Å². The first-order valence-corrected chi connectivity index (χ1v) is 11.3. The van der Waals surface area contributed by atoms with Crippen LogP contribution in [0.25, 0.3) is 38.9 Å². The van der Waals surface area contributed by atoms with E-state index in [1.807, 2.05) is 35.8 Å². The van der Waals surface area contributed by atoms with Gasteiger partial charge < -0.3 is 0 Å². The van der Waals surface area contributed by atoms with E-state index in [1.54, 1.807) is 10.9 Å². The number of nitrogens with zero attached hydrogens (tertiary/aromatic N) is 5. The molecule has 0 fully saturated rings. The number of hydrogen-bond acceptors (Lipinski definition) is 4. The van der Waals surface area contributed by atoms with Crippen molar-refractivity contribution < 1.29 is 0 Å². The summed E-state index contributed by atoms with van der Waals surface area (Å²) in [6.45, 7) is 8.52. The number of rotatable bonds is 5. The van der Waals surface area contributed by atoms with Gasteiger partial charge in [-0.15, -0.1) is 0 Å². The summed E-state index contributed by atoms with van der Waals surface area (Å²) in [6.07, 6.45) is 3.59. The molecule has 2 unspecified atom stereocenters. The second-order valence-corrected chi connectivity index (χ2v) is 8.53. The molecule has 2 atom stereocenters. The minimum Gasteiger partial charge on any atom is -0.296 e. The molecule has 0 radical (unpaired) electrons. The van der Waals surface area contributed by atoms with E-state index >= 15 is 0 Å². The molecule has 32 heavy (non-hydrogen) atoms. The Morgan fingerprint density at radius 2 is 1.56 bits per heavy atom. The van der Waals surface area contributed by atoms with E-state index in [0.717, 1.165) is 29.6 Å². The minimum absolute atomic E-state index is 0.0565. The third-order valence-corrected chi connectivity index (χ3v) is 6.59. The summed E-state index contributed by atoms with van der Waals surface area (Å²) < 4.78 is 3.67. The van der Waals surface area contributed by atoms with E-state index in [4.69, 9.17) is 15.0 Å². The van der Waals surface area contributed by atoms with Crippen molar-refractivity contribution in [3.8, 4) is 5.69 Å². The van der Waals surface area contributed by atoms with Crippen molar-refractivity contribution in [2.75, 3.05) is 0 Å². The van der Waals surface area contributed by atoms with E-state index in [1.165, 1.54) is 5.56 Å². The van der Waals surface area contributed by atoms with Crippen LogP contribution in [0.1, 0.15) is 58.1 Å². The Bertz CT molecular complexity index is 1500. The van der Waals surface area contributed by atoms with E-state index in [0.29, 0.717) is 28.1 Å².